The van der Waals surface area contributed by atoms with Gasteiger partial charge in [0.25, 0.3) is 0 Å². The van der Waals surface area contributed by atoms with Crippen molar-refractivity contribution in [3.8, 4) is 0 Å². The van der Waals surface area contributed by atoms with E-state index in [1.807, 2.05) is 37.3 Å². The summed E-state index contributed by atoms with van der Waals surface area (Å²) in [5.74, 6) is -0.0249. The summed E-state index contributed by atoms with van der Waals surface area (Å²) < 4.78 is 0. The summed E-state index contributed by atoms with van der Waals surface area (Å²) in [7, 11) is 0. The summed E-state index contributed by atoms with van der Waals surface area (Å²) in [5.41, 5.74) is 2.20. The van der Waals surface area contributed by atoms with E-state index in [0.29, 0.717) is 19.5 Å². The molecule has 0 saturated carbocycles. The van der Waals surface area contributed by atoms with Crippen LogP contribution in [0.4, 0.5) is 0 Å². The molecule has 0 spiro atoms. The molecule has 0 aliphatic carbocycles. The Labute approximate surface area is 101 Å². The summed E-state index contributed by atoms with van der Waals surface area (Å²) in [6, 6.07) is 7.99. The van der Waals surface area contributed by atoms with Gasteiger partial charge >= 0.3 is 0 Å². The summed E-state index contributed by atoms with van der Waals surface area (Å²) in [5, 5.41) is 9.35. The van der Waals surface area contributed by atoms with Gasteiger partial charge in [-0.1, -0.05) is 29.8 Å². The van der Waals surface area contributed by atoms with Crippen LogP contribution >= 0.6 is 0 Å². The number of hydrogen-bond acceptors (Lipinski definition) is 2. The number of rotatable bonds is 2. The molecule has 1 saturated heterocycles. The molecule has 0 aromatic heterocycles. The highest BCUT2D eigenvalue weighted by atomic mass is 16.3. The third-order valence-electron chi connectivity index (χ3n) is 2.94. The first-order chi connectivity index (χ1) is 8.15. The van der Waals surface area contributed by atoms with Gasteiger partial charge in [-0.25, -0.2) is 0 Å². The zero-order chi connectivity index (χ0) is 12.3. The molecule has 1 aliphatic rings. The van der Waals surface area contributed by atoms with Crippen LogP contribution in [0.3, 0.4) is 0 Å². The molecule has 1 unspecified atom stereocenters. The van der Waals surface area contributed by atoms with Crippen molar-refractivity contribution in [2.45, 2.75) is 19.4 Å². The summed E-state index contributed by atoms with van der Waals surface area (Å²) in [6.45, 7) is 3.13. The minimum atomic E-state index is -0.355. The number of carbonyl (C=O) groups excluding carboxylic acids is 1. The fourth-order valence-electron chi connectivity index (χ4n) is 1.99. The van der Waals surface area contributed by atoms with Crippen molar-refractivity contribution < 1.29 is 9.90 Å². The second-order valence-electron chi connectivity index (χ2n) is 4.47. The largest absolute Gasteiger partial charge is 0.391 e. The topological polar surface area (TPSA) is 40.5 Å². The average molecular weight is 231 g/mol. The maximum absolute atomic E-state index is 11.8. The first-order valence-electron chi connectivity index (χ1n) is 5.87. The molecule has 1 aliphatic heterocycles. The molecule has 1 aromatic rings. The van der Waals surface area contributed by atoms with Gasteiger partial charge < -0.3 is 10.0 Å². The van der Waals surface area contributed by atoms with Crippen LogP contribution < -0.4 is 0 Å². The lowest BCUT2D eigenvalue weighted by atomic mass is 10.1. The van der Waals surface area contributed by atoms with E-state index in [4.69, 9.17) is 0 Å². The van der Waals surface area contributed by atoms with Crippen molar-refractivity contribution in [2.24, 2.45) is 0 Å². The molecule has 2 rings (SSSR count). The van der Waals surface area contributed by atoms with Crippen molar-refractivity contribution in [2.75, 3.05) is 13.1 Å². The van der Waals surface area contributed by atoms with E-state index in [-0.39, 0.29) is 12.0 Å². The monoisotopic (exact) mass is 231 g/mol. The standard InChI is InChI=1S/C14H17NO2/c1-11-3-2-4-12(9-11)5-6-14(17)15-8-7-13(16)10-15/h2-6,9,13,16H,7-8,10H2,1H3. The number of β-amino-alcohol motifs (C(OH)–C–C–N with tert-alkyl or cyclic N) is 1. The Kier molecular flexibility index (Phi) is 3.59. The maximum Gasteiger partial charge on any atom is 0.246 e. The van der Waals surface area contributed by atoms with Crippen LogP contribution in [0.15, 0.2) is 30.3 Å². The van der Waals surface area contributed by atoms with Crippen molar-refractivity contribution >= 4 is 12.0 Å². The lowest BCUT2D eigenvalue weighted by molar-refractivity contribution is -0.125. The fraction of sp³-hybridized carbons (Fsp3) is 0.357. The normalized spacial score (nSPS) is 20.1. The lowest BCUT2D eigenvalue weighted by Gasteiger charge is -2.12. The molecule has 1 fully saturated rings. The Hall–Kier alpha value is -1.61. The predicted octanol–water partition coefficient (Wildman–Crippen LogP) is 1.60. The number of benzene rings is 1. The van der Waals surface area contributed by atoms with Gasteiger partial charge in [0.2, 0.25) is 5.91 Å². The molecule has 1 aromatic carbocycles. The van der Waals surface area contributed by atoms with Crippen LogP contribution in [-0.2, 0) is 4.79 Å². The van der Waals surface area contributed by atoms with E-state index >= 15 is 0 Å². The zero-order valence-electron chi connectivity index (χ0n) is 9.97. The third kappa shape index (κ3) is 3.17. The zero-order valence-corrected chi connectivity index (χ0v) is 9.97. The van der Waals surface area contributed by atoms with Gasteiger partial charge in [0, 0.05) is 19.2 Å². The van der Waals surface area contributed by atoms with Gasteiger partial charge in [-0.3, -0.25) is 4.79 Å². The number of hydrogen-bond donors (Lipinski definition) is 1. The molecule has 0 bridgehead atoms. The lowest BCUT2D eigenvalue weighted by Crippen LogP contribution is -2.27. The number of aryl methyl sites for hydroxylation is 1. The first kappa shape index (κ1) is 11.9. The van der Waals surface area contributed by atoms with E-state index < -0.39 is 0 Å². The molecule has 1 N–H and O–H groups in total. The second-order valence-corrected chi connectivity index (χ2v) is 4.47. The fourth-order valence-corrected chi connectivity index (χ4v) is 1.99. The van der Waals surface area contributed by atoms with Gasteiger partial charge in [0.05, 0.1) is 6.10 Å². The molecule has 1 atom stereocenters. The Bertz CT molecular complexity index is 440. The van der Waals surface area contributed by atoms with Crippen LogP contribution in [0.25, 0.3) is 6.08 Å². The van der Waals surface area contributed by atoms with Gasteiger partial charge in [0.15, 0.2) is 0 Å². The van der Waals surface area contributed by atoms with E-state index in [1.54, 1.807) is 11.0 Å². The Morgan fingerprint density at radius 1 is 1.53 bits per heavy atom. The number of nitrogens with zero attached hydrogens (tertiary/aromatic N) is 1. The quantitative estimate of drug-likeness (QED) is 0.785. The number of aliphatic hydroxyl groups excluding tert-OH is 1. The van der Waals surface area contributed by atoms with E-state index in [0.717, 1.165) is 5.56 Å². The first-order valence-corrected chi connectivity index (χ1v) is 5.87. The van der Waals surface area contributed by atoms with Crippen LogP contribution in [0.2, 0.25) is 0 Å². The van der Waals surface area contributed by atoms with Crippen molar-refractivity contribution in [3.63, 3.8) is 0 Å². The third-order valence-corrected chi connectivity index (χ3v) is 2.94. The molecular weight excluding hydrogens is 214 g/mol. The molecule has 3 heteroatoms. The number of aliphatic hydroxyl groups is 1. The molecule has 1 heterocycles. The highest BCUT2D eigenvalue weighted by Crippen LogP contribution is 2.10. The number of carbonyl (C=O) groups is 1. The Morgan fingerprint density at radius 3 is 3.00 bits per heavy atom. The van der Waals surface area contributed by atoms with E-state index in [1.165, 1.54) is 5.56 Å². The smallest absolute Gasteiger partial charge is 0.246 e. The molecule has 1 amide bonds. The molecule has 3 nitrogen and oxygen atoms in total. The minimum absolute atomic E-state index is 0.0249. The Morgan fingerprint density at radius 2 is 2.35 bits per heavy atom. The van der Waals surface area contributed by atoms with Crippen LogP contribution in [0, 0.1) is 6.92 Å². The molecule has 90 valence electrons. The van der Waals surface area contributed by atoms with Crippen LogP contribution in [0.1, 0.15) is 17.5 Å². The van der Waals surface area contributed by atoms with Crippen molar-refractivity contribution in [3.05, 3.63) is 41.5 Å². The second kappa shape index (κ2) is 5.15. The summed E-state index contributed by atoms with van der Waals surface area (Å²) >= 11 is 0. The highest BCUT2D eigenvalue weighted by molar-refractivity contribution is 5.92. The number of amides is 1. The van der Waals surface area contributed by atoms with Gasteiger partial charge in [-0.15, -0.1) is 0 Å². The molecular formula is C14H17NO2. The summed E-state index contributed by atoms with van der Waals surface area (Å²) in [6.07, 6.45) is 3.72. The SMILES string of the molecule is Cc1cccc(C=CC(=O)N2CCC(O)C2)c1. The van der Waals surface area contributed by atoms with Crippen molar-refractivity contribution in [1.29, 1.82) is 0 Å². The average Bonchev–Trinajstić information content (AvgIpc) is 2.73. The van der Waals surface area contributed by atoms with E-state index in [9.17, 15) is 9.90 Å². The molecule has 17 heavy (non-hydrogen) atoms. The summed E-state index contributed by atoms with van der Waals surface area (Å²) in [4.78, 5) is 13.5. The number of likely N-dealkylation sites (tertiary alicyclic amines) is 1. The van der Waals surface area contributed by atoms with Crippen LogP contribution in [0.5, 0.6) is 0 Å². The van der Waals surface area contributed by atoms with Gasteiger partial charge in [0.1, 0.15) is 0 Å². The van der Waals surface area contributed by atoms with Crippen molar-refractivity contribution in [1.82, 2.24) is 4.90 Å². The highest BCUT2D eigenvalue weighted by Gasteiger charge is 2.22. The van der Waals surface area contributed by atoms with Crippen LogP contribution in [-0.4, -0.2) is 35.1 Å². The van der Waals surface area contributed by atoms with Gasteiger partial charge in [-0.2, -0.15) is 0 Å². The van der Waals surface area contributed by atoms with Gasteiger partial charge in [-0.05, 0) is 25.0 Å². The Balaban J connectivity index is 1.98. The maximum atomic E-state index is 11.8. The molecule has 0 radical (unpaired) electrons. The predicted molar refractivity (Wildman–Crippen MR) is 67.4 cm³/mol. The minimum Gasteiger partial charge on any atom is -0.391 e. The van der Waals surface area contributed by atoms with E-state index in [2.05, 4.69) is 0 Å².